The fourth-order valence-electron chi connectivity index (χ4n) is 1.41. The lowest BCUT2D eigenvalue weighted by Gasteiger charge is -2.15. The first-order valence-electron chi connectivity index (χ1n) is 5.64. The molecule has 0 aromatic carbocycles. The van der Waals surface area contributed by atoms with Crippen molar-refractivity contribution in [1.29, 1.82) is 0 Å². The summed E-state index contributed by atoms with van der Waals surface area (Å²) in [4.78, 5) is 11.2. The second-order valence-corrected chi connectivity index (χ2v) is 3.95. The molecular weight excluding hydrogens is 214 g/mol. The van der Waals surface area contributed by atoms with Crippen LogP contribution in [0.2, 0.25) is 0 Å². The van der Waals surface area contributed by atoms with Gasteiger partial charge in [0.05, 0.1) is 0 Å². The van der Waals surface area contributed by atoms with Crippen LogP contribution in [0.15, 0.2) is 0 Å². The summed E-state index contributed by atoms with van der Waals surface area (Å²) in [5.41, 5.74) is 0. The van der Waals surface area contributed by atoms with Crippen LogP contribution in [0.25, 0.3) is 0 Å². The van der Waals surface area contributed by atoms with Gasteiger partial charge in [0, 0.05) is 19.0 Å². The number of hydrogen-bond acceptors (Lipinski definition) is 2. The number of ether oxygens (including phenoxy) is 1. The summed E-state index contributed by atoms with van der Waals surface area (Å²) in [6.45, 7) is 5.47. The van der Waals surface area contributed by atoms with Crippen molar-refractivity contribution in [2.75, 3.05) is 25.6 Å². The van der Waals surface area contributed by atoms with E-state index < -0.39 is 0 Å². The second kappa shape index (κ2) is 10.2. The molecule has 90 valence electrons. The zero-order valence-electron chi connectivity index (χ0n) is 9.72. The van der Waals surface area contributed by atoms with E-state index in [1.165, 1.54) is 0 Å². The maximum absolute atomic E-state index is 11.2. The molecule has 0 bridgehead atoms. The summed E-state index contributed by atoms with van der Waals surface area (Å²) in [5.74, 6) is 1.12. The van der Waals surface area contributed by atoms with Crippen molar-refractivity contribution in [1.82, 2.24) is 5.32 Å². The lowest BCUT2D eigenvalue weighted by molar-refractivity contribution is -0.125. The van der Waals surface area contributed by atoms with Gasteiger partial charge < -0.3 is 10.1 Å². The maximum Gasteiger partial charge on any atom is 0.246 e. The highest BCUT2D eigenvalue weighted by Crippen LogP contribution is 2.10. The van der Waals surface area contributed by atoms with Crippen molar-refractivity contribution in [3.63, 3.8) is 0 Å². The topological polar surface area (TPSA) is 38.3 Å². The average Bonchev–Trinajstić information content (AvgIpc) is 2.23. The number of carbonyl (C=O) groups excluding carboxylic acids is 1. The van der Waals surface area contributed by atoms with Gasteiger partial charge in [0.2, 0.25) is 5.91 Å². The van der Waals surface area contributed by atoms with Gasteiger partial charge in [-0.05, 0) is 25.7 Å². The molecule has 0 saturated carbocycles. The van der Waals surface area contributed by atoms with Crippen molar-refractivity contribution in [3.8, 4) is 0 Å². The van der Waals surface area contributed by atoms with Crippen molar-refractivity contribution >= 4 is 17.5 Å². The van der Waals surface area contributed by atoms with Crippen molar-refractivity contribution < 1.29 is 9.53 Å². The predicted octanol–water partition coefficient (Wildman–Crippen LogP) is 2.18. The standard InChI is InChI=1S/C11H22ClNO2/c1-3-5-10(6-7-12)8-13-11(14)9-15-4-2/h10H,3-9H2,1-2H3,(H,13,14). The van der Waals surface area contributed by atoms with Crippen LogP contribution in [0.5, 0.6) is 0 Å². The molecule has 15 heavy (non-hydrogen) atoms. The smallest absolute Gasteiger partial charge is 0.246 e. The first kappa shape index (κ1) is 14.7. The first-order chi connectivity index (χ1) is 7.24. The Morgan fingerprint density at radius 3 is 2.67 bits per heavy atom. The molecule has 0 aliphatic rings. The van der Waals surface area contributed by atoms with E-state index in [2.05, 4.69) is 12.2 Å². The van der Waals surface area contributed by atoms with Crippen LogP contribution in [0, 0.1) is 5.92 Å². The summed E-state index contributed by atoms with van der Waals surface area (Å²) in [5, 5.41) is 2.86. The van der Waals surface area contributed by atoms with Gasteiger partial charge in [0.25, 0.3) is 0 Å². The fraction of sp³-hybridized carbons (Fsp3) is 0.909. The first-order valence-corrected chi connectivity index (χ1v) is 6.18. The molecule has 0 heterocycles. The van der Waals surface area contributed by atoms with Crippen LogP contribution in [-0.2, 0) is 9.53 Å². The van der Waals surface area contributed by atoms with Crippen LogP contribution in [0.3, 0.4) is 0 Å². The molecule has 0 rings (SSSR count). The van der Waals surface area contributed by atoms with E-state index in [9.17, 15) is 4.79 Å². The van der Waals surface area contributed by atoms with Gasteiger partial charge in [-0.25, -0.2) is 0 Å². The van der Waals surface area contributed by atoms with Crippen LogP contribution in [0.4, 0.5) is 0 Å². The minimum absolute atomic E-state index is 0.0347. The molecule has 1 N–H and O–H groups in total. The van der Waals surface area contributed by atoms with Crippen molar-refractivity contribution in [3.05, 3.63) is 0 Å². The zero-order chi connectivity index (χ0) is 11.5. The van der Waals surface area contributed by atoms with Crippen LogP contribution in [-0.4, -0.2) is 31.5 Å². The highest BCUT2D eigenvalue weighted by atomic mass is 35.5. The van der Waals surface area contributed by atoms with E-state index in [4.69, 9.17) is 16.3 Å². The Kier molecular flexibility index (Phi) is 10.1. The van der Waals surface area contributed by atoms with Gasteiger partial charge in [0.1, 0.15) is 6.61 Å². The highest BCUT2D eigenvalue weighted by Gasteiger charge is 2.08. The normalized spacial score (nSPS) is 12.5. The molecule has 0 radical (unpaired) electrons. The Hall–Kier alpha value is -0.280. The third-order valence-electron chi connectivity index (χ3n) is 2.24. The summed E-state index contributed by atoms with van der Waals surface area (Å²) in [6, 6.07) is 0. The third kappa shape index (κ3) is 8.70. The summed E-state index contributed by atoms with van der Waals surface area (Å²) >= 11 is 5.69. The molecule has 0 aromatic rings. The molecular formula is C11H22ClNO2. The predicted molar refractivity (Wildman–Crippen MR) is 63.2 cm³/mol. The number of alkyl halides is 1. The molecule has 0 fully saturated rings. The van der Waals surface area contributed by atoms with E-state index in [0.717, 1.165) is 19.3 Å². The highest BCUT2D eigenvalue weighted by molar-refractivity contribution is 6.17. The van der Waals surface area contributed by atoms with E-state index in [1.807, 2.05) is 6.92 Å². The monoisotopic (exact) mass is 235 g/mol. The summed E-state index contributed by atoms with van der Waals surface area (Å²) in [6.07, 6.45) is 3.20. The Balaban J connectivity index is 3.62. The molecule has 0 saturated heterocycles. The van der Waals surface area contributed by atoms with Gasteiger partial charge >= 0.3 is 0 Å². The number of nitrogens with one attached hydrogen (secondary N) is 1. The van der Waals surface area contributed by atoms with Crippen LogP contribution >= 0.6 is 11.6 Å². The molecule has 1 atom stereocenters. The molecule has 1 amide bonds. The van der Waals surface area contributed by atoms with Gasteiger partial charge in [-0.1, -0.05) is 13.3 Å². The van der Waals surface area contributed by atoms with Crippen molar-refractivity contribution in [2.24, 2.45) is 5.92 Å². The van der Waals surface area contributed by atoms with Gasteiger partial charge in [0.15, 0.2) is 0 Å². The second-order valence-electron chi connectivity index (χ2n) is 3.57. The number of hydrogen-bond donors (Lipinski definition) is 1. The summed E-state index contributed by atoms with van der Waals surface area (Å²) in [7, 11) is 0. The van der Waals surface area contributed by atoms with Gasteiger partial charge in [-0.2, -0.15) is 0 Å². The minimum Gasteiger partial charge on any atom is -0.372 e. The van der Waals surface area contributed by atoms with E-state index in [1.54, 1.807) is 0 Å². The molecule has 0 aromatic heterocycles. The quantitative estimate of drug-likeness (QED) is 0.623. The average molecular weight is 236 g/mol. The lowest BCUT2D eigenvalue weighted by atomic mass is 10.0. The number of halogens is 1. The molecule has 3 nitrogen and oxygen atoms in total. The lowest BCUT2D eigenvalue weighted by Crippen LogP contribution is -2.32. The largest absolute Gasteiger partial charge is 0.372 e. The Bertz CT molecular complexity index is 159. The van der Waals surface area contributed by atoms with E-state index in [-0.39, 0.29) is 12.5 Å². The third-order valence-corrected chi connectivity index (χ3v) is 2.46. The molecule has 0 aliphatic carbocycles. The van der Waals surface area contributed by atoms with Crippen molar-refractivity contribution in [2.45, 2.75) is 33.1 Å². The molecule has 1 unspecified atom stereocenters. The van der Waals surface area contributed by atoms with Gasteiger partial charge in [-0.15, -0.1) is 11.6 Å². The Morgan fingerprint density at radius 2 is 2.13 bits per heavy atom. The van der Waals surface area contributed by atoms with Gasteiger partial charge in [-0.3, -0.25) is 4.79 Å². The van der Waals surface area contributed by atoms with E-state index in [0.29, 0.717) is 24.9 Å². The maximum atomic E-state index is 11.2. The zero-order valence-corrected chi connectivity index (χ0v) is 10.5. The fourth-order valence-corrected chi connectivity index (χ4v) is 1.72. The molecule has 0 spiro atoms. The number of carbonyl (C=O) groups is 1. The molecule has 0 aliphatic heterocycles. The van der Waals surface area contributed by atoms with Crippen LogP contribution < -0.4 is 5.32 Å². The number of amides is 1. The SMILES string of the molecule is CCCC(CCCl)CNC(=O)COCC. The Morgan fingerprint density at radius 1 is 1.40 bits per heavy atom. The number of rotatable bonds is 9. The minimum atomic E-state index is -0.0347. The Labute approximate surface area is 97.5 Å². The molecule has 4 heteroatoms. The summed E-state index contributed by atoms with van der Waals surface area (Å²) < 4.78 is 5.01. The van der Waals surface area contributed by atoms with Crippen LogP contribution in [0.1, 0.15) is 33.1 Å². The van der Waals surface area contributed by atoms with E-state index >= 15 is 0 Å².